The zero-order valence-electron chi connectivity index (χ0n) is 14.2. The topological polar surface area (TPSA) is 57.8 Å². The summed E-state index contributed by atoms with van der Waals surface area (Å²) in [5, 5.41) is 4.35. The first-order chi connectivity index (χ1) is 12.8. The van der Waals surface area contributed by atoms with Gasteiger partial charge < -0.3 is 4.98 Å². The molecule has 0 saturated carbocycles. The minimum atomic E-state index is -0.421. The zero-order valence-corrected chi connectivity index (χ0v) is 14.2. The fourth-order valence-electron chi connectivity index (χ4n) is 3.16. The van der Waals surface area contributed by atoms with Crippen molar-refractivity contribution < 1.29 is 4.79 Å². The molecule has 4 rings (SSSR count). The van der Waals surface area contributed by atoms with Crippen molar-refractivity contribution in [3.8, 4) is 0 Å². The van der Waals surface area contributed by atoms with E-state index in [0.29, 0.717) is 12.1 Å². The average Bonchev–Trinajstić information content (AvgIpc) is 3.14. The summed E-state index contributed by atoms with van der Waals surface area (Å²) < 4.78 is 0. The van der Waals surface area contributed by atoms with Gasteiger partial charge in [0.2, 0.25) is 0 Å². The molecule has 1 atom stereocenters. The van der Waals surface area contributed by atoms with Crippen molar-refractivity contribution in [2.45, 2.75) is 12.6 Å². The van der Waals surface area contributed by atoms with Gasteiger partial charge in [0, 0.05) is 41.6 Å². The van der Waals surface area contributed by atoms with E-state index in [2.05, 4.69) is 15.3 Å². The fourth-order valence-corrected chi connectivity index (χ4v) is 3.16. The molecule has 128 valence electrons. The van der Waals surface area contributed by atoms with Crippen LogP contribution in [0.25, 0.3) is 10.9 Å². The lowest BCUT2D eigenvalue weighted by Crippen LogP contribution is -2.28. The largest absolute Gasteiger partial charge is 0.360 e. The van der Waals surface area contributed by atoms with E-state index in [1.165, 1.54) is 0 Å². The highest BCUT2D eigenvalue weighted by atomic mass is 16.1. The molecule has 0 spiro atoms. The number of H-pyrrole nitrogens is 1. The van der Waals surface area contributed by atoms with Crippen LogP contribution in [-0.4, -0.2) is 15.8 Å². The molecule has 0 aliphatic carbocycles. The Morgan fingerprint density at radius 1 is 1.00 bits per heavy atom. The maximum atomic E-state index is 13.3. The van der Waals surface area contributed by atoms with Gasteiger partial charge in [0.1, 0.15) is 0 Å². The monoisotopic (exact) mass is 341 g/mol. The van der Waals surface area contributed by atoms with Crippen LogP contribution in [0.1, 0.15) is 27.5 Å². The number of Topliss-reactive ketones (excluding diaryl/α,β-unsaturated/α-hetero) is 1. The molecule has 26 heavy (non-hydrogen) atoms. The molecule has 4 nitrogen and oxygen atoms in total. The number of aromatic amines is 1. The number of fused-ring (bicyclic) bond motifs is 1. The SMILES string of the molecule is O=C(c1c[nH]c2ccccc12)C(NCc1cccnc1)c1ccccc1. The molecular formula is C22H19N3O. The summed E-state index contributed by atoms with van der Waals surface area (Å²) in [6.07, 6.45) is 5.36. The third-order valence-corrected chi connectivity index (χ3v) is 4.48. The van der Waals surface area contributed by atoms with Crippen molar-refractivity contribution in [3.63, 3.8) is 0 Å². The van der Waals surface area contributed by atoms with Crippen LogP contribution in [0.5, 0.6) is 0 Å². The third-order valence-electron chi connectivity index (χ3n) is 4.48. The van der Waals surface area contributed by atoms with Gasteiger partial charge in [-0.1, -0.05) is 54.6 Å². The summed E-state index contributed by atoms with van der Waals surface area (Å²) in [4.78, 5) is 20.7. The summed E-state index contributed by atoms with van der Waals surface area (Å²) in [7, 11) is 0. The van der Waals surface area contributed by atoms with Gasteiger partial charge in [-0.25, -0.2) is 0 Å². The van der Waals surface area contributed by atoms with Crippen molar-refractivity contribution in [2.24, 2.45) is 0 Å². The number of hydrogen-bond donors (Lipinski definition) is 2. The summed E-state index contributed by atoms with van der Waals surface area (Å²) >= 11 is 0. The predicted molar refractivity (Wildman–Crippen MR) is 103 cm³/mol. The van der Waals surface area contributed by atoms with Crippen molar-refractivity contribution in [2.75, 3.05) is 0 Å². The molecule has 1 unspecified atom stereocenters. The van der Waals surface area contributed by atoms with Crippen LogP contribution in [0.15, 0.2) is 85.3 Å². The molecule has 0 aliphatic rings. The van der Waals surface area contributed by atoms with Crippen LogP contribution >= 0.6 is 0 Å². The number of para-hydroxylation sites is 1. The second-order valence-corrected chi connectivity index (χ2v) is 6.20. The third kappa shape index (κ3) is 3.27. The number of nitrogens with zero attached hydrogens (tertiary/aromatic N) is 1. The lowest BCUT2D eigenvalue weighted by Gasteiger charge is -2.18. The summed E-state index contributed by atoms with van der Waals surface area (Å²) in [6, 6.07) is 21.2. The normalized spacial score (nSPS) is 12.2. The molecule has 2 heterocycles. The molecule has 2 N–H and O–H groups in total. The lowest BCUT2D eigenvalue weighted by molar-refractivity contribution is 0.0943. The second kappa shape index (κ2) is 7.33. The van der Waals surface area contributed by atoms with Gasteiger partial charge in [-0.15, -0.1) is 0 Å². The number of benzene rings is 2. The number of carbonyl (C=O) groups is 1. The highest BCUT2D eigenvalue weighted by Crippen LogP contribution is 2.25. The first-order valence-corrected chi connectivity index (χ1v) is 8.60. The molecule has 2 aromatic heterocycles. The Balaban J connectivity index is 1.67. The number of ketones is 1. The number of pyridine rings is 1. The minimum Gasteiger partial charge on any atom is -0.360 e. The predicted octanol–water partition coefficient (Wildman–Crippen LogP) is 4.28. The molecule has 0 amide bonds. The Morgan fingerprint density at radius 3 is 2.62 bits per heavy atom. The Kier molecular flexibility index (Phi) is 4.58. The van der Waals surface area contributed by atoms with E-state index in [1.54, 1.807) is 12.4 Å². The van der Waals surface area contributed by atoms with Crippen molar-refractivity contribution in [3.05, 3.63) is 102 Å². The van der Waals surface area contributed by atoms with E-state index in [9.17, 15) is 4.79 Å². The summed E-state index contributed by atoms with van der Waals surface area (Å²) in [5.74, 6) is 0.0533. The number of carbonyl (C=O) groups excluding carboxylic acids is 1. The number of hydrogen-bond acceptors (Lipinski definition) is 3. The van der Waals surface area contributed by atoms with Gasteiger partial charge in [-0.2, -0.15) is 0 Å². The molecule has 4 aromatic rings. The number of aromatic nitrogens is 2. The lowest BCUT2D eigenvalue weighted by atomic mass is 9.97. The molecule has 0 fully saturated rings. The van der Waals surface area contributed by atoms with Crippen molar-refractivity contribution in [1.29, 1.82) is 0 Å². The van der Waals surface area contributed by atoms with Crippen LogP contribution in [0.2, 0.25) is 0 Å². The maximum Gasteiger partial charge on any atom is 0.186 e. The first kappa shape index (κ1) is 16.2. The standard InChI is InChI=1S/C22H19N3O/c26-22(19-15-24-20-11-5-4-10-18(19)20)21(17-8-2-1-3-9-17)25-14-16-7-6-12-23-13-16/h1-13,15,21,24-25H,14H2. The van der Waals surface area contributed by atoms with Crippen molar-refractivity contribution >= 4 is 16.7 Å². The number of rotatable bonds is 6. The van der Waals surface area contributed by atoms with E-state index in [4.69, 9.17) is 0 Å². The Morgan fingerprint density at radius 2 is 1.81 bits per heavy atom. The number of nitrogens with one attached hydrogen (secondary N) is 2. The molecule has 0 aliphatic heterocycles. The maximum absolute atomic E-state index is 13.3. The van der Waals surface area contributed by atoms with E-state index in [0.717, 1.165) is 22.0 Å². The molecule has 4 heteroatoms. The zero-order chi connectivity index (χ0) is 17.8. The first-order valence-electron chi connectivity index (χ1n) is 8.60. The quantitative estimate of drug-likeness (QED) is 0.515. The molecular weight excluding hydrogens is 322 g/mol. The van der Waals surface area contributed by atoms with E-state index < -0.39 is 6.04 Å². The van der Waals surface area contributed by atoms with Crippen LogP contribution < -0.4 is 5.32 Å². The van der Waals surface area contributed by atoms with Crippen LogP contribution in [0.4, 0.5) is 0 Å². The fraction of sp³-hybridized carbons (Fsp3) is 0.0909. The second-order valence-electron chi connectivity index (χ2n) is 6.20. The van der Waals surface area contributed by atoms with E-state index >= 15 is 0 Å². The Labute approximate surface area is 151 Å². The summed E-state index contributed by atoms with van der Waals surface area (Å²) in [5.41, 5.74) is 3.66. The molecule has 0 saturated heterocycles. The van der Waals surface area contributed by atoms with Crippen LogP contribution in [0, 0.1) is 0 Å². The van der Waals surface area contributed by atoms with E-state index in [-0.39, 0.29) is 5.78 Å². The van der Waals surface area contributed by atoms with Gasteiger partial charge in [0.05, 0.1) is 6.04 Å². The molecule has 2 aromatic carbocycles. The van der Waals surface area contributed by atoms with Crippen molar-refractivity contribution in [1.82, 2.24) is 15.3 Å². The smallest absolute Gasteiger partial charge is 0.186 e. The highest BCUT2D eigenvalue weighted by Gasteiger charge is 2.23. The Bertz CT molecular complexity index is 1010. The van der Waals surface area contributed by atoms with Crippen LogP contribution in [-0.2, 0) is 6.54 Å². The molecule has 0 radical (unpaired) electrons. The Hall–Kier alpha value is -3.24. The van der Waals surface area contributed by atoms with Gasteiger partial charge in [-0.3, -0.25) is 15.1 Å². The highest BCUT2D eigenvalue weighted by molar-refractivity contribution is 6.10. The minimum absolute atomic E-state index is 0.0533. The van der Waals surface area contributed by atoms with E-state index in [1.807, 2.05) is 72.9 Å². The van der Waals surface area contributed by atoms with Gasteiger partial charge in [0.25, 0.3) is 0 Å². The van der Waals surface area contributed by atoms with Crippen LogP contribution in [0.3, 0.4) is 0 Å². The van der Waals surface area contributed by atoms with Gasteiger partial charge >= 0.3 is 0 Å². The molecule has 0 bridgehead atoms. The summed E-state index contributed by atoms with van der Waals surface area (Å²) in [6.45, 7) is 0.571. The average molecular weight is 341 g/mol. The van der Waals surface area contributed by atoms with Gasteiger partial charge in [-0.05, 0) is 23.3 Å². The van der Waals surface area contributed by atoms with Gasteiger partial charge in [0.15, 0.2) is 5.78 Å².